The number of rotatable bonds is 1. The molecule has 0 bridgehead atoms. The van der Waals surface area contributed by atoms with E-state index in [9.17, 15) is 0 Å². The van der Waals surface area contributed by atoms with E-state index in [0.29, 0.717) is 0 Å². The molecule has 30 heavy (non-hydrogen) atoms. The SMILES string of the molecule is c1ccc2c(c1)Sc1cccc3nc(-c4ccc5oc6ccccc6c5c4)nc-2c13. The quantitative estimate of drug-likeness (QED) is 0.288. The average Bonchev–Trinajstić information content (AvgIpc) is 3.17. The van der Waals surface area contributed by atoms with Crippen LogP contribution >= 0.6 is 11.8 Å². The van der Waals surface area contributed by atoms with Gasteiger partial charge >= 0.3 is 0 Å². The summed E-state index contributed by atoms with van der Waals surface area (Å²) in [4.78, 5) is 12.4. The Kier molecular flexibility index (Phi) is 3.21. The lowest BCUT2D eigenvalue weighted by Crippen LogP contribution is -2.00. The maximum atomic E-state index is 5.99. The molecule has 4 aromatic carbocycles. The Bertz CT molecular complexity index is 1630. The molecular weight excluding hydrogens is 388 g/mol. The first-order chi connectivity index (χ1) is 14.8. The van der Waals surface area contributed by atoms with Gasteiger partial charge in [-0.05, 0) is 42.5 Å². The van der Waals surface area contributed by atoms with Crippen molar-refractivity contribution in [3.05, 3.63) is 84.9 Å². The summed E-state index contributed by atoms with van der Waals surface area (Å²) in [6, 6.07) is 29.1. The maximum absolute atomic E-state index is 5.99. The van der Waals surface area contributed by atoms with Crippen molar-refractivity contribution in [1.82, 2.24) is 9.97 Å². The normalized spacial score (nSPS) is 12.5. The minimum Gasteiger partial charge on any atom is -0.456 e. The molecule has 7 rings (SSSR count). The molecule has 1 aliphatic heterocycles. The standard InChI is InChI=1S/C26H14N2OS/c1-3-9-20-16(6-1)18-14-15(12-13-21(18)29-20)26-27-19-8-5-11-23-24(19)25(28-26)17-7-2-4-10-22(17)30-23/h1-14H. The fraction of sp³-hybridized carbons (Fsp3) is 0. The fourth-order valence-corrected chi connectivity index (χ4v) is 5.40. The molecule has 0 spiro atoms. The lowest BCUT2D eigenvalue weighted by molar-refractivity contribution is 0.669. The van der Waals surface area contributed by atoms with Crippen LogP contribution < -0.4 is 0 Å². The van der Waals surface area contributed by atoms with Gasteiger partial charge in [0.05, 0.1) is 11.2 Å². The predicted molar refractivity (Wildman–Crippen MR) is 122 cm³/mol. The van der Waals surface area contributed by atoms with Crippen LogP contribution in [0, 0.1) is 0 Å². The van der Waals surface area contributed by atoms with E-state index in [-0.39, 0.29) is 0 Å². The number of nitrogens with zero attached hydrogens (tertiary/aromatic N) is 2. The van der Waals surface area contributed by atoms with Crippen molar-refractivity contribution in [3.8, 4) is 22.6 Å². The van der Waals surface area contributed by atoms with Gasteiger partial charge in [0.15, 0.2) is 5.82 Å². The lowest BCUT2D eigenvalue weighted by Gasteiger charge is -2.19. The molecule has 0 atom stereocenters. The van der Waals surface area contributed by atoms with Crippen LogP contribution in [-0.2, 0) is 0 Å². The third-order valence-corrected chi connectivity index (χ3v) is 6.82. The van der Waals surface area contributed by atoms with Gasteiger partial charge in [0, 0.05) is 37.1 Å². The molecule has 4 heteroatoms. The summed E-state index contributed by atoms with van der Waals surface area (Å²) < 4.78 is 5.99. The number of furan rings is 1. The topological polar surface area (TPSA) is 38.9 Å². The lowest BCUT2D eigenvalue weighted by atomic mass is 10.0. The number of benzene rings is 4. The molecule has 0 saturated heterocycles. The number of hydrogen-bond donors (Lipinski definition) is 0. The Hall–Kier alpha value is -3.63. The van der Waals surface area contributed by atoms with E-state index in [0.717, 1.165) is 49.9 Å². The zero-order valence-electron chi connectivity index (χ0n) is 15.8. The van der Waals surface area contributed by atoms with Gasteiger partial charge in [0.25, 0.3) is 0 Å². The first-order valence-corrected chi connectivity index (χ1v) is 10.7. The fourth-order valence-electron chi connectivity index (χ4n) is 4.30. The second-order valence-electron chi connectivity index (χ2n) is 7.45. The van der Waals surface area contributed by atoms with Crippen molar-refractivity contribution < 1.29 is 4.42 Å². The van der Waals surface area contributed by atoms with E-state index in [2.05, 4.69) is 54.6 Å². The highest BCUT2D eigenvalue weighted by atomic mass is 32.2. The molecule has 3 heterocycles. The second kappa shape index (κ2) is 5.94. The van der Waals surface area contributed by atoms with Crippen LogP contribution in [0.25, 0.3) is 55.5 Å². The smallest absolute Gasteiger partial charge is 0.160 e. The monoisotopic (exact) mass is 402 g/mol. The van der Waals surface area contributed by atoms with Crippen molar-refractivity contribution >= 4 is 44.6 Å². The Morgan fingerprint density at radius 1 is 0.667 bits per heavy atom. The van der Waals surface area contributed by atoms with Gasteiger partial charge in [-0.1, -0.05) is 54.2 Å². The van der Waals surface area contributed by atoms with Crippen molar-refractivity contribution in [2.75, 3.05) is 0 Å². The van der Waals surface area contributed by atoms with Gasteiger partial charge in [0.2, 0.25) is 0 Å². The van der Waals surface area contributed by atoms with E-state index in [1.165, 1.54) is 15.4 Å². The number of hydrogen-bond acceptors (Lipinski definition) is 4. The van der Waals surface area contributed by atoms with E-state index >= 15 is 0 Å². The molecule has 0 fully saturated rings. The number of fused-ring (bicyclic) bond motifs is 5. The minimum absolute atomic E-state index is 0.739. The Morgan fingerprint density at radius 2 is 1.50 bits per heavy atom. The molecule has 0 N–H and O–H groups in total. The molecule has 6 aromatic rings. The van der Waals surface area contributed by atoms with Crippen LogP contribution in [0.3, 0.4) is 0 Å². The van der Waals surface area contributed by atoms with Gasteiger partial charge in [-0.3, -0.25) is 0 Å². The highest BCUT2D eigenvalue weighted by Crippen LogP contribution is 2.47. The maximum Gasteiger partial charge on any atom is 0.160 e. The van der Waals surface area contributed by atoms with Crippen LogP contribution in [0.4, 0.5) is 0 Å². The first kappa shape index (κ1) is 16.2. The van der Waals surface area contributed by atoms with Crippen LogP contribution in [0.2, 0.25) is 0 Å². The summed E-state index contributed by atoms with van der Waals surface area (Å²) >= 11 is 1.79. The van der Waals surface area contributed by atoms with Crippen LogP contribution in [0.1, 0.15) is 0 Å². The Labute approximate surface area is 176 Å². The van der Waals surface area contributed by atoms with E-state index in [1.807, 2.05) is 30.3 Å². The highest BCUT2D eigenvalue weighted by Gasteiger charge is 2.22. The first-order valence-electron chi connectivity index (χ1n) is 9.85. The summed E-state index contributed by atoms with van der Waals surface area (Å²) in [5.74, 6) is 0.739. The van der Waals surface area contributed by atoms with Crippen molar-refractivity contribution in [1.29, 1.82) is 0 Å². The minimum atomic E-state index is 0.739. The Morgan fingerprint density at radius 3 is 2.50 bits per heavy atom. The predicted octanol–water partition coefficient (Wildman–Crippen LogP) is 7.33. The van der Waals surface area contributed by atoms with Gasteiger partial charge in [-0.25, -0.2) is 9.97 Å². The van der Waals surface area contributed by atoms with E-state index in [4.69, 9.17) is 14.4 Å². The molecule has 0 aliphatic carbocycles. The molecule has 3 nitrogen and oxygen atoms in total. The van der Waals surface area contributed by atoms with E-state index < -0.39 is 0 Å². The summed E-state index contributed by atoms with van der Waals surface area (Å²) in [7, 11) is 0. The summed E-state index contributed by atoms with van der Waals surface area (Å²) in [5, 5.41) is 3.34. The van der Waals surface area contributed by atoms with Crippen molar-refractivity contribution in [2.24, 2.45) is 0 Å². The largest absolute Gasteiger partial charge is 0.456 e. The number of para-hydroxylation sites is 1. The molecule has 2 aromatic heterocycles. The third-order valence-electron chi connectivity index (χ3n) is 5.68. The summed E-state index contributed by atoms with van der Waals surface area (Å²) in [6.45, 7) is 0. The Balaban J connectivity index is 1.53. The molecule has 1 aliphatic rings. The summed E-state index contributed by atoms with van der Waals surface area (Å²) in [6.07, 6.45) is 0. The van der Waals surface area contributed by atoms with Crippen molar-refractivity contribution in [2.45, 2.75) is 9.79 Å². The highest BCUT2D eigenvalue weighted by molar-refractivity contribution is 7.99. The third kappa shape index (κ3) is 2.22. The van der Waals surface area contributed by atoms with Crippen LogP contribution in [0.15, 0.2) is 99.1 Å². The molecule has 0 unspecified atom stereocenters. The molecule has 0 amide bonds. The van der Waals surface area contributed by atoms with Crippen LogP contribution in [0.5, 0.6) is 0 Å². The molecular formula is C26H14N2OS. The van der Waals surface area contributed by atoms with E-state index in [1.54, 1.807) is 11.8 Å². The zero-order valence-corrected chi connectivity index (χ0v) is 16.6. The molecule has 0 radical (unpaired) electrons. The van der Waals surface area contributed by atoms with Gasteiger partial charge in [-0.15, -0.1) is 0 Å². The molecule has 0 saturated carbocycles. The van der Waals surface area contributed by atoms with Gasteiger partial charge in [0.1, 0.15) is 11.2 Å². The van der Waals surface area contributed by atoms with Gasteiger partial charge < -0.3 is 4.42 Å². The zero-order chi connectivity index (χ0) is 19.7. The molecule has 140 valence electrons. The second-order valence-corrected chi connectivity index (χ2v) is 8.54. The number of aromatic nitrogens is 2. The van der Waals surface area contributed by atoms with Gasteiger partial charge in [-0.2, -0.15) is 0 Å². The average molecular weight is 402 g/mol. The van der Waals surface area contributed by atoms with Crippen LogP contribution in [-0.4, -0.2) is 9.97 Å². The summed E-state index contributed by atoms with van der Waals surface area (Å²) in [5.41, 5.74) is 5.93. The van der Waals surface area contributed by atoms with Crippen molar-refractivity contribution in [3.63, 3.8) is 0 Å².